The molecule has 0 heterocycles. The van der Waals surface area contributed by atoms with Gasteiger partial charge in [-0.1, -0.05) is 54.2 Å². The van der Waals surface area contributed by atoms with Crippen LogP contribution in [-0.4, -0.2) is 20.9 Å². The van der Waals surface area contributed by atoms with Crippen molar-refractivity contribution in [3.63, 3.8) is 0 Å². The Hall–Kier alpha value is -1.70. The van der Waals surface area contributed by atoms with Gasteiger partial charge >= 0.3 is 0 Å². The third kappa shape index (κ3) is 7.08. The van der Waals surface area contributed by atoms with Gasteiger partial charge in [-0.2, -0.15) is 0 Å². The molecule has 0 aliphatic heterocycles. The van der Waals surface area contributed by atoms with Crippen LogP contribution in [0.3, 0.4) is 0 Å². The van der Waals surface area contributed by atoms with Gasteiger partial charge in [-0.25, -0.2) is 13.1 Å². The first-order valence-electron chi connectivity index (χ1n) is 9.05. The van der Waals surface area contributed by atoms with Crippen molar-refractivity contribution < 1.29 is 13.2 Å². The quantitative estimate of drug-likeness (QED) is 0.529. The monoisotopic (exact) mass is 452 g/mol. The Bertz CT molecular complexity index is 835. The maximum Gasteiger partial charge on any atom is 0.251 e. The van der Waals surface area contributed by atoms with E-state index in [0.29, 0.717) is 12.1 Å². The van der Waals surface area contributed by atoms with E-state index >= 15 is 0 Å². The molecule has 0 aliphatic rings. The van der Waals surface area contributed by atoms with Gasteiger partial charge in [-0.05, 0) is 48.4 Å². The lowest BCUT2D eigenvalue weighted by atomic mass is 10.1. The van der Waals surface area contributed by atoms with E-state index in [1.807, 2.05) is 0 Å². The van der Waals surface area contributed by atoms with Gasteiger partial charge in [0.15, 0.2) is 0 Å². The fourth-order valence-electron chi connectivity index (χ4n) is 2.51. The van der Waals surface area contributed by atoms with Crippen molar-refractivity contribution >= 4 is 31.9 Å². The highest BCUT2D eigenvalue weighted by Crippen LogP contribution is 2.15. The maximum atomic E-state index is 12.3. The van der Waals surface area contributed by atoms with Crippen LogP contribution in [0.1, 0.15) is 48.5 Å². The summed E-state index contributed by atoms with van der Waals surface area (Å²) < 4.78 is 28.0. The summed E-state index contributed by atoms with van der Waals surface area (Å²) in [5.74, 6) is -0.103. The molecule has 2 N–H and O–H groups in total. The second-order valence-corrected chi connectivity index (χ2v) is 8.97. The molecule has 5 nitrogen and oxygen atoms in total. The SMILES string of the molecule is CCCCCCNC(=O)c1ccc(CNS(=O)(=O)c2ccc(Br)cc2)cc1. The predicted molar refractivity (Wildman–Crippen MR) is 111 cm³/mol. The maximum absolute atomic E-state index is 12.3. The van der Waals surface area contributed by atoms with Crippen molar-refractivity contribution in [3.05, 3.63) is 64.1 Å². The van der Waals surface area contributed by atoms with Gasteiger partial charge in [0.1, 0.15) is 0 Å². The van der Waals surface area contributed by atoms with E-state index in [2.05, 4.69) is 32.9 Å². The first kappa shape index (κ1) is 21.6. The lowest BCUT2D eigenvalue weighted by Crippen LogP contribution is -2.25. The Kier molecular flexibility index (Phi) is 8.47. The Morgan fingerprint density at radius 1 is 0.963 bits per heavy atom. The Labute approximate surface area is 169 Å². The highest BCUT2D eigenvalue weighted by atomic mass is 79.9. The molecule has 7 heteroatoms. The Balaban J connectivity index is 1.86. The molecule has 0 aliphatic carbocycles. The highest BCUT2D eigenvalue weighted by Gasteiger charge is 2.13. The summed E-state index contributed by atoms with van der Waals surface area (Å²) in [6.07, 6.45) is 4.45. The number of carbonyl (C=O) groups is 1. The van der Waals surface area contributed by atoms with Crippen LogP contribution in [0.15, 0.2) is 57.9 Å². The van der Waals surface area contributed by atoms with Crippen LogP contribution in [-0.2, 0) is 16.6 Å². The molecule has 2 aromatic rings. The second-order valence-electron chi connectivity index (χ2n) is 6.29. The topological polar surface area (TPSA) is 75.3 Å². The van der Waals surface area contributed by atoms with Crippen molar-refractivity contribution in [2.75, 3.05) is 6.54 Å². The zero-order valence-corrected chi connectivity index (χ0v) is 17.8. The van der Waals surface area contributed by atoms with Crippen molar-refractivity contribution in [1.82, 2.24) is 10.0 Å². The number of amides is 1. The normalized spacial score (nSPS) is 11.3. The van der Waals surface area contributed by atoms with Crippen LogP contribution in [0, 0.1) is 0 Å². The van der Waals surface area contributed by atoms with Crippen molar-refractivity contribution in [2.45, 2.75) is 44.0 Å². The van der Waals surface area contributed by atoms with E-state index < -0.39 is 10.0 Å². The first-order chi connectivity index (χ1) is 12.9. The number of hydrogen-bond acceptors (Lipinski definition) is 3. The smallest absolute Gasteiger partial charge is 0.251 e. The molecule has 0 atom stereocenters. The zero-order valence-electron chi connectivity index (χ0n) is 15.4. The molecule has 27 heavy (non-hydrogen) atoms. The van der Waals surface area contributed by atoms with Gasteiger partial charge in [-0.15, -0.1) is 0 Å². The molecule has 0 unspecified atom stereocenters. The van der Waals surface area contributed by atoms with E-state index in [9.17, 15) is 13.2 Å². The third-order valence-corrected chi connectivity index (χ3v) is 6.07. The Morgan fingerprint density at radius 2 is 1.63 bits per heavy atom. The largest absolute Gasteiger partial charge is 0.352 e. The van der Waals surface area contributed by atoms with Gasteiger partial charge in [-0.3, -0.25) is 4.79 Å². The molecule has 0 aromatic heterocycles. The van der Waals surface area contributed by atoms with Crippen molar-refractivity contribution in [2.24, 2.45) is 0 Å². The minimum atomic E-state index is -3.57. The molecular formula is C20H25BrN2O3S. The van der Waals surface area contributed by atoms with E-state index in [0.717, 1.165) is 22.9 Å². The number of halogens is 1. The number of sulfonamides is 1. The van der Waals surface area contributed by atoms with Gasteiger partial charge in [0, 0.05) is 23.1 Å². The average Bonchev–Trinajstić information content (AvgIpc) is 2.67. The average molecular weight is 453 g/mol. The molecule has 0 saturated heterocycles. The van der Waals surface area contributed by atoms with Gasteiger partial charge in [0.2, 0.25) is 10.0 Å². The lowest BCUT2D eigenvalue weighted by Gasteiger charge is -2.08. The van der Waals surface area contributed by atoms with Gasteiger partial charge in [0.05, 0.1) is 4.90 Å². The van der Waals surface area contributed by atoms with E-state index in [1.165, 1.54) is 12.8 Å². The summed E-state index contributed by atoms with van der Waals surface area (Å²) >= 11 is 3.28. The van der Waals surface area contributed by atoms with Crippen LogP contribution < -0.4 is 10.0 Å². The fraction of sp³-hybridized carbons (Fsp3) is 0.350. The molecule has 0 bridgehead atoms. The number of nitrogens with one attached hydrogen (secondary N) is 2. The number of unbranched alkanes of at least 4 members (excludes halogenated alkanes) is 3. The summed E-state index contributed by atoms with van der Waals surface area (Å²) in [4.78, 5) is 12.3. The van der Waals surface area contributed by atoms with Crippen LogP contribution in [0.25, 0.3) is 0 Å². The summed E-state index contributed by atoms with van der Waals surface area (Å²) in [6, 6.07) is 13.4. The van der Waals surface area contributed by atoms with Gasteiger partial charge < -0.3 is 5.32 Å². The fourth-order valence-corrected chi connectivity index (χ4v) is 3.79. The summed E-state index contributed by atoms with van der Waals surface area (Å²) in [7, 11) is -3.57. The molecule has 2 rings (SSSR count). The molecule has 0 radical (unpaired) electrons. The molecule has 146 valence electrons. The number of carbonyl (C=O) groups excluding carboxylic acids is 1. The summed E-state index contributed by atoms with van der Waals surface area (Å²) in [5.41, 5.74) is 1.36. The van der Waals surface area contributed by atoms with E-state index in [1.54, 1.807) is 48.5 Å². The molecular weight excluding hydrogens is 428 g/mol. The standard InChI is InChI=1S/C20H25BrN2O3S/c1-2-3-4-5-14-22-20(24)17-8-6-16(7-9-17)15-23-27(25,26)19-12-10-18(21)11-13-19/h6-13,23H,2-5,14-15H2,1H3,(H,22,24). The summed E-state index contributed by atoms with van der Waals surface area (Å²) in [5, 5.41) is 2.91. The molecule has 0 saturated carbocycles. The number of rotatable bonds is 10. The van der Waals surface area contributed by atoms with Crippen molar-refractivity contribution in [1.29, 1.82) is 0 Å². The zero-order chi connectivity index (χ0) is 19.7. The van der Waals surface area contributed by atoms with Crippen LogP contribution in [0.2, 0.25) is 0 Å². The minimum absolute atomic E-state index is 0.103. The number of benzene rings is 2. The highest BCUT2D eigenvalue weighted by molar-refractivity contribution is 9.10. The lowest BCUT2D eigenvalue weighted by molar-refractivity contribution is 0.0953. The molecule has 2 aromatic carbocycles. The second kappa shape index (κ2) is 10.6. The molecule has 1 amide bonds. The Morgan fingerprint density at radius 3 is 2.26 bits per heavy atom. The minimum Gasteiger partial charge on any atom is -0.352 e. The molecule has 0 spiro atoms. The summed E-state index contributed by atoms with van der Waals surface area (Å²) in [6.45, 7) is 2.99. The number of hydrogen-bond donors (Lipinski definition) is 2. The van der Waals surface area contributed by atoms with Crippen LogP contribution >= 0.6 is 15.9 Å². The van der Waals surface area contributed by atoms with Crippen LogP contribution in [0.4, 0.5) is 0 Å². The van der Waals surface area contributed by atoms with Crippen LogP contribution in [0.5, 0.6) is 0 Å². The van der Waals surface area contributed by atoms with E-state index in [-0.39, 0.29) is 17.3 Å². The first-order valence-corrected chi connectivity index (χ1v) is 11.3. The van der Waals surface area contributed by atoms with E-state index in [4.69, 9.17) is 0 Å². The molecule has 0 fully saturated rings. The van der Waals surface area contributed by atoms with Crippen molar-refractivity contribution in [3.8, 4) is 0 Å². The predicted octanol–water partition coefficient (Wildman–Crippen LogP) is 4.24. The third-order valence-electron chi connectivity index (χ3n) is 4.12. The van der Waals surface area contributed by atoms with Gasteiger partial charge in [0.25, 0.3) is 5.91 Å².